The highest BCUT2D eigenvalue weighted by molar-refractivity contribution is 7.09. The molecule has 8 nitrogen and oxygen atoms in total. The molecule has 0 aliphatic heterocycles. The van der Waals surface area contributed by atoms with E-state index in [0.29, 0.717) is 39.7 Å². The Morgan fingerprint density at radius 1 is 1.24 bits per heavy atom. The van der Waals surface area contributed by atoms with Crippen molar-refractivity contribution in [2.24, 2.45) is 0 Å². The maximum Gasteiger partial charge on any atom is 0.311 e. The van der Waals surface area contributed by atoms with Crippen molar-refractivity contribution in [3.05, 3.63) is 79.6 Å². The fraction of sp³-hybridized carbons (Fsp3) is 0.130. The molecule has 0 atom stereocenters. The third-order valence-corrected chi connectivity index (χ3v) is 5.86. The maximum absolute atomic E-state index is 11.6. The number of aromatic nitrogens is 1. The molecule has 166 valence electrons. The normalized spacial score (nSPS) is 10.6. The molecule has 0 amide bonds. The number of pyridine rings is 1. The summed E-state index contributed by atoms with van der Waals surface area (Å²) in [6.45, 7) is 2.42. The van der Waals surface area contributed by atoms with Gasteiger partial charge in [0.2, 0.25) is 0 Å². The fourth-order valence-corrected chi connectivity index (χ4v) is 4.08. The van der Waals surface area contributed by atoms with Crippen LogP contribution >= 0.6 is 22.9 Å². The van der Waals surface area contributed by atoms with Gasteiger partial charge in [-0.1, -0.05) is 17.7 Å². The first-order chi connectivity index (χ1) is 16.0. The first-order valence-corrected chi connectivity index (χ1v) is 11.1. The van der Waals surface area contributed by atoms with E-state index in [0.717, 1.165) is 4.88 Å². The number of thiophene rings is 1. The molecule has 0 radical (unpaired) electrons. The Morgan fingerprint density at radius 3 is 2.76 bits per heavy atom. The van der Waals surface area contributed by atoms with E-state index < -0.39 is 4.92 Å². The SMILES string of the molecule is CCOc1cc2ncc(C#N)c(Nc3ccc(OCc4cccs4)c(Cl)c3)c2cc1[N+](=O)[O-]. The quantitative estimate of drug-likeness (QED) is 0.228. The number of benzene rings is 2. The Labute approximate surface area is 198 Å². The third-order valence-electron chi connectivity index (χ3n) is 4.72. The highest BCUT2D eigenvalue weighted by Gasteiger charge is 2.20. The van der Waals surface area contributed by atoms with Crippen LogP contribution in [0, 0.1) is 21.4 Å². The summed E-state index contributed by atoms with van der Waals surface area (Å²) in [5, 5.41) is 27.1. The van der Waals surface area contributed by atoms with E-state index in [1.54, 1.807) is 36.5 Å². The van der Waals surface area contributed by atoms with Gasteiger partial charge in [0.25, 0.3) is 0 Å². The Kier molecular flexibility index (Phi) is 6.58. The largest absolute Gasteiger partial charge is 0.487 e. The van der Waals surface area contributed by atoms with Crippen LogP contribution in [0.4, 0.5) is 17.1 Å². The highest BCUT2D eigenvalue weighted by Crippen LogP contribution is 2.38. The van der Waals surface area contributed by atoms with Gasteiger partial charge in [-0.2, -0.15) is 5.26 Å². The molecule has 0 unspecified atom stereocenters. The Bertz CT molecular complexity index is 1370. The summed E-state index contributed by atoms with van der Waals surface area (Å²) in [7, 11) is 0. The number of nitro groups is 1. The van der Waals surface area contributed by atoms with Gasteiger partial charge in [0, 0.05) is 34.3 Å². The molecule has 33 heavy (non-hydrogen) atoms. The molecule has 0 saturated carbocycles. The number of nitrogens with one attached hydrogen (secondary N) is 1. The van der Waals surface area contributed by atoms with Crippen molar-refractivity contribution in [3.63, 3.8) is 0 Å². The Hall–Kier alpha value is -3.87. The average molecular weight is 481 g/mol. The van der Waals surface area contributed by atoms with E-state index in [4.69, 9.17) is 21.1 Å². The molecule has 10 heteroatoms. The predicted molar refractivity (Wildman–Crippen MR) is 128 cm³/mol. The molecule has 2 aromatic carbocycles. The van der Waals surface area contributed by atoms with Gasteiger partial charge in [-0.3, -0.25) is 15.1 Å². The Morgan fingerprint density at radius 2 is 2.09 bits per heavy atom. The van der Waals surface area contributed by atoms with Gasteiger partial charge < -0.3 is 14.8 Å². The number of ether oxygens (including phenoxy) is 2. The fourth-order valence-electron chi connectivity index (χ4n) is 3.23. The second kappa shape index (κ2) is 9.73. The van der Waals surface area contributed by atoms with Gasteiger partial charge in [-0.15, -0.1) is 11.3 Å². The molecule has 2 aromatic heterocycles. The zero-order chi connectivity index (χ0) is 23.4. The second-order valence-electron chi connectivity index (χ2n) is 6.82. The van der Waals surface area contributed by atoms with Gasteiger partial charge in [-0.25, -0.2) is 0 Å². The number of hydrogen-bond acceptors (Lipinski definition) is 8. The number of nitro benzene ring substituents is 1. The molecular formula is C23H17ClN4O4S. The van der Waals surface area contributed by atoms with Gasteiger partial charge in [0.15, 0.2) is 5.75 Å². The van der Waals surface area contributed by atoms with Crippen LogP contribution in [0.5, 0.6) is 11.5 Å². The monoisotopic (exact) mass is 480 g/mol. The number of fused-ring (bicyclic) bond motifs is 1. The van der Waals surface area contributed by atoms with E-state index in [1.807, 2.05) is 17.5 Å². The first kappa shape index (κ1) is 22.3. The molecule has 0 fully saturated rings. The minimum absolute atomic E-state index is 0.119. The van der Waals surface area contributed by atoms with E-state index in [-0.39, 0.29) is 23.6 Å². The van der Waals surface area contributed by atoms with Crippen molar-refractivity contribution in [1.82, 2.24) is 4.98 Å². The minimum atomic E-state index is -0.524. The summed E-state index contributed by atoms with van der Waals surface area (Å²) in [5.74, 6) is 0.640. The molecule has 4 rings (SSSR count). The summed E-state index contributed by atoms with van der Waals surface area (Å²) in [5.41, 5.74) is 1.45. The van der Waals surface area contributed by atoms with Crippen molar-refractivity contribution < 1.29 is 14.4 Å². The van der Waals surface area contributed by atoms with Crippen LogP contribution in [0.15, 0.2) is 54.0 Å². The number of anilines is 2. The third kappa shape index (κ3) is 4.82. The predicted octanol–water partition coefficient (Wildman–Crippen LogP) is 6.45. The lowest BCUT2D eigenvalue weighted by molar-refractivity contribution is -0.385. The summed E-state index contributed by atoms with van der Waals surface area (Å²) in [6.07, 6.45) is 1.41. The summed E-state index contributed by atoms with van der Waals surface area (Å²) in [6, 6.07) is 14.0. The lowest BCUT2D eigenvalue weighted by Crippen LogP contribution is -2.01. The van der Waals surface area contributed by atoms with E-state index in [2.05, 4.69) is 16.4 Å². The molecule has 1 N–H and O–H groups in total. The van der Waals surface area contributed by atoms with Gasteiger partial charge >= 0.3 is 5.69 Å². The average Bonchev–Trinajstić information content (AvgIpc) is 3.32. The van der Waals surface area contributed by atoms with Gasteiger partial charge in [0.05, 0.1) is 33.3 Å². The molecule has 0 saturated heterocycles. The zero-order valence-electron chi connectivity index (χ0n) is 17.4. The Balaban J connectivity index is 1.70. The number of rotatable bonds is 8. The number of halogens is 1. The van der Waals surface area contributed by atoms with Crippen molar-refractivity contribution in [3.8, 4) is 17.6 Å². The van der Waals surface area contributed by atoms with Crippen molar-refractivity contribution >= 4 is 50.9 Å². The lowest BCUT2D eigenvalue weighted by Gasteiger charge is -2.14. The first-order valence-electron chi connectivity index (χ1n) is 9.86. The maximum atomic E-state index is 11.6. The molecule has 2 heterocycles. The van der Waals surface area contributed by atoms with Gasteiger partial charge in [-0.05, 0) is 36.6 Å². The number of nitrogens with zero attached hydrogens (tertiary/aromatic N) is 3. The van der Waals surface area contributed by atoms with Crippen molar-refractivity contribution in [2.75, 3.05) is 11.9 Å². The van der Waals surface area contributed by atoms with Crippen LogP contribution < -0.4 is 14.8 Å². The van der Waals surface area contributed by atoms with Crippen molar-refractivity contribution in [1.29, 1.82) is 5.26 Å². The topological polar surface area (TPSA) is 110 Å². The summed E-state index contributed by atoms with van der Waals surface area (Å²) in [4.78, 5) is 16.4. The van der Waals surface area contributed by atoms with Crippen molar-refractivity contribution in [2.45, 2.75) is 13.5 Å². The lowest BCUT2D eigenvalue weighted by atomic mass is 10.1. The smallest absolute Gasteiger partial charge is 0.311 e. The zero-order valence-corrected chi connectivity index (χ0v) is 18.9. The molecular weight excluding hydrogens is 464 g/mol. The molecule has 0 aliphatic carbocycles. The van der Waals surface area contributed by atoms with Crippen LogP contribution in [0.1, 0.15) is 17.4 Å². The minimum Gasteiger partial charge on any atom is -0.487 e. The van der Waals surface area contributed by atoms with Crippen LogP contribution in [0.2, 0.25) is 5.02 Å². The van der Waals surface area contributed by atoms with E-state index in [9.17, 15) is 15.4 Å². The highest BCUT2D eigenvalue weighted by atomic mass is 35.5. The number of nitriles is 1. The van der Waals surface area contributed by atoms with Crippen LogP contribution in [0.3, 0.4) is 0 Å². The van der Waals surface area contributed by atoms with Gasteiger partial charge in [0.1, 0.15) is 18.4 Å². The van der Waals surface area contributed by atoms with Crippen LogP contribution in [0.25, 0.3) is 10.9 Å². The van der Waals surface area contributed by atoms with E-state index in [1.165, 1.54) is 18.3 Å². The molecule has 0 bridgehead atoms. The second-order valence-corrected chi connectivity index (χ2v) is 8.26. The standard InChI is InChI=1S/C23H17ClN4O4S/c1-2-31-22-10-19-17(9-20(22)28(29)30)23(14(11-25)12-26-19)27-15-5-6-21(18(24)8-15)32-13-16-4-3-7-33-16/h3-10,12H,2,13H2,1H3,(H,26,27). The summed E-state index contributed by atoms with van der Waals surface area (Å²) < 4.78 is 11.2. The summed E-state index contributed by atoms with van der Waals surface area (Å²) >= 11 is 8.00. The van der Waals surface area contributed by atoms with Crippen LogP contribution in [-0.4, -0.2) is 16.5 Å². The molecule has 0 spiro atoms. The van der Waals surface area contributed by atoms with Crippen LogP contribution in [-0.2, 0) is 6.61 Å². The van der Waals surface area contributed by atoms with E-state index >= 15 is 0 Å². The molecule has 4 aromatic rings. The number of hydrogen-bond donors (Lipinski definition) is 1. The molecule has 0 aliphatic rings.